The fourth-order valence-corrected chi connectivity index (χ4v) is 5.76. The number of para-hydroxylation sites is 1. The number of fused-ring (bicyclic) bond motifs is 2. The van der Waals surface area contributed by atoms with Crippen LogP contribution in [0.2, 0.25) is 5.02 Å². The van der Waals surface area contributed by atoms with E-state index in [9.17, 15) is 13.2 Å². The van der Waals surface area contributed by atoms with Crippen molar-refractivity contribution in [1.29, 1.82) is 0 Å². The largest absolute Gasteiger partial charge is 0.466 e. The first-order chi connectivity index (χ1) is 14.8. The van der Waals surface area contributed by atoms with Gasteiger partial charge in [-0.15, -0.1) is 0 Å². The number of rotatable bonds is 8. The maximum absolute atomic E-state index is 13.3. The van der Waals surface area contributed by atoms with E-state index in [1.165, 1.54) is 10.4 Å². The van der Waals surface area contributed by atoms with E-state index in [4.69, 9.17) is 16.3 Å². The van der Waals surface area contributed by atoms with Crippen molar-refractivity contribution in [3.05, 3.63) is 58.6 Å². The molecule has 0 radical (unpaired) electrons. The summed E-state index contributed by atoms with van der Waals surface area (Å²) in [6, 6.07) is 12.5. The number of benzene rings is 2. The number of nitrogens with zero attached hydrogens (tertiary/aromatic N) is 2. The Labute approximate surface area is 189 Å². The molecule has 3 rings (SSSR count). The number of carbonyl (C=O) groups excluding carboxylic acids is 1. The SMILES string of the molecule is CCOC(=O)CCCCCN(C)C1c2ccccc2N(C)S(=O)(=O)c2cc(Cl)ccc21. The second-order valence-corrected chi connectivity index (χ2v) is 10.1. The van der Waals surface area contributed by atoms with E-state index in [0.717, 1.165) is 36.9 Å². The zero-order valence-electron chi connectivity index (χ0n) is 18.2. The van der Waals surface area contributed by atoms with Crippen molar-refractivity contribution < 1.29 is 17.9 Å². The minimum absolute atomic E-state index is 0.160. The van der Waals surface area contributed by atoms with Gasteiger partial charge in [0.25, 0.3) is 10.0 Å². The molecule has 1 unspecified atom stereocenters. The van der Waals surface area contributed by atoms with Gasteiger partial charge >= 0.3 is 5.97 Å². The summed E-state index contributed by atoms with van der Waals surface area (Å²) in [5.41, 5.74) is 2.31. The molecule has 0 aliphatic carbocycles. The summed E-state index contributed by atoms with van der Waals surface area (Å²) in [5.74, 6) is -0.160. The van der Waals surface area contributed by atoms with Crippen LogP contribution in [0.3, 0.4) is 0 Å². The molecule has 0 aromatic heterocycles. The van der Waals surface area contributed by atoms with Gasteiger partial charge in [-0.1, -0.05) is 42.3 Å². The lowest BCUT2D eigenvalue weighted by atomic mass is 9.95. The third-order valence-corrected chi connectivity index (χ3v) is 7.68. The van der Waals surface area contributed by atoms with Gasteiger partial charge in [0.05, 0.1) is 23.2 Å². The molecule has 2 aromatic rings. The Morgan fingerprint density at radius 2 is 1.87 bits per heavy atom. The van der Waals surface area contributed by atoms with Gasteiger partial charge in [0.2, 0.25) is 0 Å². The summed E-state index contributed by atoms with van der Waals surface area (Å²) in [6.45, 7) is 2.97. The Bertz CT molecular complexity index is 1040. The highest BCUT2D eigenvalue weighted by atomic mass is 35.5. The van der Waals surface area contributed by atoms with Crippen LogP contribution in [0, 0.1) is 0 Å². The van der Waals surface area contributed by atoms with Crippen LogP contribution in [0.15, 0.2) is 47.4 Å². The van der Waals surface area contributed by atoms with Crippen LogP contribution in [0.25, 0.3) is 0 Å². The van der Waals surface area contributed by atoms with Crippen molar-refractivity contribution in [2.75, 3.05) is 31.6 Å². The zero-order chi connectivity index (χ0) is 22.6. The number of anilines is 1. The number of hydrogen-bond acceptors (Lipinski definition) is 5. The van der Waals surface area contributed by atoms with Crippen molar-refractivity contribution in [2.24, 2.45) is 0 Å². The molecule has 0 N–H and O–H groups in total. The second-order valence-electron chi connectivity index (χ2n) is 7.71. The van der Waals surface area contributed by atoms with E-state index >= 15 is 0 Å². The van der Waals surface area contributed by atoms with Crippen LogP contribution in [0.4, 0.5) is 5.69 Å². The molecule has 0 bridgehead atoms. The van der Waals surface area contributed by atoms with Crippen LogP contribution in [0.1, 0.15) is 49.8 Å². The normalized spacial score (nSPS) is 17.1. The fraction of sp³-hybridized carbons (Fsp3) is 0.435. The molecular weight excluding hydrogens is 436 g/mol. The lowest BCUT2D eigenvalue weighted by Gasteiger charge is -2.30. The van der Waals surface area contributed by atoms with Crippen LogP contribution >= 0.6 is 11.6 Å². The molecular formula is C23H29ClN2O4S. The Hall–Kier alpha value is -2.09. The van der Waals surface area contributed by atoms with E-state index in [1.807, 2.05) is 37.4 Å². The summed E-state index contributed by atoms with van der Waals surface area (Å²) < 4.78 is 33.0. The van der Waals surface area contributed by atoms with Gasteiger partial charge in [-0.25, -0.2) is 8.42 Å². The Kier molecular flexibility index (Phi) is 7.62. The Morgan fingerprint density at radius 3 is 2.61 bits per heavy atom. The number of hydrogen-bond donors (Lipinski definition) is 0. The monoisotopic (exact) mass is 464 g/mol. The van der Waals surface area contributed by atoms with Crippen molar-refractivity contribution in [3.63, 3.8) is 0 Å². The van der Waals surface area contributed by atoms with Crippen molar-refractivity contribution in [3.8, 4) is 0 Å². The summed E-state index contributed by atoms with van der Waals surface area (Å²) in [7, 11) is -0.150. The maximum Gasteiger partial charge on any atom is 0.305 e. The number of carbonyl (C=O) groups is 1. The summed E-state index contributed by atoms with van der Waals surface area (Å²) >= 11 is 6.18. The van der Waals surface area contributed by atoms with Gasteiger partial charge in [0, 0.05) is 18.5 Å². The van der Waals surface area contributed by atoms with Gasteiger partial charge in [0.15, 0.2) is 0 Å². The van der Waals surface area contributed by atoms with Crippen LogP contribution < -0.4 is 4.31 Å². The lowest BCUT2D eigenvalue weighted by molar-refractivity contribution is -0.143. The predicted molar refractivity (Wildman–Crippen MR) is 123 cm³/mol. The minimum atomic E-state index is -3.73. The van der Waals surface area contributed by atoms with Gasteiger partial charge in [-0.2, -0.15) is 0 Å². The molecule has 168 valence electrons. The molecule has 0 amide bonds. The lowest BCUT2D eigenvalue weighted by Crippen LogP contribution is -2.27. The van der Waals surface area contributed by atoms with E-state index in [2.05, 4.69) is 4.90 Å². The molecule has 0 fully saturated rings. The molecule has 1 heterocycles. The van der Waals surface area contributed by atoms with Crippen molar-refractivity contribution in [1.82, 2.24) is 4.90 Å². The molecule has 8 heteroatoms. The summed E-state index contributed by atoms with van der Waals surface area (Å²) in [5, 5.41) is 0.391. The molecule has 1 atom stereocenters. The number of unbranched alkanes of at least 4 members (excludes halogenated alkanes) is 2. The van der Waals surface area contributed by atoms with Crippen LogP contribution in [-0.2, 0) is 19.6 Å². The molecule has 0 saturated heterocycles. The molecule has 1 aliphatic rings. The van der Waals surface area contributed by atoms with E-state index in [1.54, 1.807) is 20.0 Å². The van der Waals surface area contributed by atoms with E-state index in [0.29, 0.717) is 23.7 Å². The number of esters is 1. The Balaban J connectivity index is 1.87. The summed E-state index contributed by atoms with van der Waals surface area (Å²) in [4.78, 5) is 13.9. The first-order valence-electron chi connectivity index (χ1n) is 10.5. The van der Waals surface area contributed by atoms with Crippen LogP contribution in [-0.4, -0.2) is 46.5 Å². The van der Waals surface area contributed by atoms with Gasteiger partial charge in [-0.3, -0.25) is 14.0 Å². The number of halogens is 1. The molecule has 1 aliphatic heterocycles. The second kappa shape index (κ2) is 10.0. The first kappa shape index (κ1) is 23.6. The van der Waals surface area contributed by atoms with Crippen molar-refractivity contribution in [2.45, 2.75) is 43.5 Å². The third-order valence-electron chi connectivity index (χ3n) is 5.62. The molecule has 0 spiro atoms. The average Bonchev–Trinajstić information content (AvgIpc) is 2.80. The Morgan fingerprint density at radius 1 is 1.13 bits per heavy atom. The van der Waals surface area contributed by atoms with E-state index in [-0.39, 0.29) is 16.9 Å². The molecule has 6 nitrogen and oxygen atoms in total. The smallest absolute Gasteiger partial charge is 0.305 e. The van der Waals surface area contributed by atoms with E-state index < -0.39 is 10.0 Å². The fourth-order valence-electron chi connectivity index (χ4n) is 4.05. The highest BCUT2D eigenvalue weighted by Gasteiger charge is 2.36. The summed E-state index contributed by atoms with van der Waals surface area (Å²) in [6.07, 6.45) is 2.98. The number of ether oxygens (including phenoxy) is 1. The zero-order valence-corrected chi connectivity index (χ0v) is 19.7. The quantitative estimate of drug-likeness (QED) is 0.421. The van der Waals surface area contributed by atoms with Crippen molar-refractivity contribution >= 4 is 33.3 Å². The third kappa shape index (κ3) is 5.05. The maximum atomic E-state index is 13.3. The first-order valence-corrected chi connectivity index (χ1v) is 12.3. The minimum Gasteiger partial charge on any atom is -0.466 e. The predicted octanol–water partition coefficient (Wildman–Crippen LogP) is 4.62. The molecule has 0 saturated carbocycles. The van der Waals surface area contributed by atoms with Gasteiger partial charge in [0.1, 0.15) is 0 Å². The highest BCUT2D eigenvalue weighted by molar-refractivity contribution is 7.92. The molecule has 31 heavy (non-hydrogen) atoms. The number of sulfonamides is 1. The highest BCUT2D eigenvalue weighted by Crippen LogP contribution is 2.43. The average molecular weight is 465 g/mol. The standard InChI is InChI=1S/C23H29ClN2O4S/c1-4-30-22(27)12-6-5-9-15-25(2)23-18-10-7-8-11-20(18)26(3)31(28,29)21-16-17(24)13-14-19(21)23/h7-8,10-11,13-14,16,23H,4-6,9,12,15H2,1-3H3. The van der Waals surface area contributed by atoms with Gasteiger partial charge in [-0.05, 0) is 62.7 Å². The van der Waals surface area contributed by atoms with Gasteiger partial charge < -0.3 is 4.74 Å². The van der Waals surface area contributed by atoms with Crippen LogP contribution in [0.5, 0.6) is 0 Å². The molecule has 2 aromatic carbocycles. The topological polar surface area (TPSA) is 66.9 Å².